The van der Waals surface area contributed by atoms with E-state index in [-0.39, 0.29) is 33.9 Å². The summed E-state index contributed by atoms with van der Waals surface area (Å²) in [4.78, 5) is 50.4. The summed E-state index contributed by atoms with van der Waals surface area (Å²) in [6, 6.07) is 6.05. The molecule has 7 heteroatoms. The summed E-state index contributed by atoms with van der Waals surface area (Å²) >= 11 is 0. The van der Waals surface area contributed by atoms with Gasteiger partial charge in [-0.05, 0) is 46.7 Å². The number of hydrogen-bond donors (Lipinski definition) is 1. The molecule has 1 aliphatic rings. The predicted octanol–water partition coefficient (Wildman–Crippen LogP) is 5.30. The number of ether oxygens (including phenoxy) is 2. The van der Waals surface area contributed by atoms with Gasteiger partial charge in [0, 0.05) is 30.5 Å². The van der Waals surface area contributed by atoms with E-state index >= 15 is 0 Å². The third-order valence-corrected chi connectivity index (χ3v) is 5.67. The molecule has 0 atom stereocenters. The average molecular weight is 479 g/mol. The summed E-state index contributed by atoms with van der Waals surface area (Å²) in [5.74, 6) is -2.50. The minimum Gasteiger partial charge on any atom is -0.507 e. The van der Waals surface area contributed by atoms with E-state index in [1.54, 1.807) is 12.1 Å². The summed E-state index contributed by atoms with van der Waals surface area (Å²) in [5, 5.41) is 11.0. The Kier molecular flexibility index (Phi) is 6.51. The zero-order chi connectivity index (χ0) is 26.5. The van der Waals surface area contributed by atoms with Crippen LogP contribution in [0.2, 0.25) is 0 Å². The first-order valence-corrected chi connectivity index (χ1v) is 11.2. The number of rotatable bonds is 3. The van der Waals surface area contributed by atoms with Gasteiger partial charge in [-0.1, -0.05) is 41.5 Å². The van der Waals surface area contributed by atoms with Crippen LogP contribution in [0.5, 0.6) is 17.2 Å². The second kappa shape index (κ2) is 8.80. The Hall–Kier alpha value is -3.74. The molecule has 0 heterocycles. The van der Waals surface area contributed by atoms with Crippen LogP contribution < -0.4 is 9.47 Å². The average Bonchev–Trinajstić information content (AvgIpc) is 2.69. The number of phenolic OH excluding ortho intramolecular Hbond substituents is 1. The number of fused-ring (bicyclic) bond motifs is 1. The number of carbonyl (C=O) groups excluding carboxylic acids is 4. The van der Waals surface area contributed by atoms with Crippen molar-refractivity contribution < 1.29 is 33.8 Å². The fourth-order valence-electron chi connectivity index (χ4n) is 4.07. The van der Waals surface area contributed by atoms with Gasteiger partial charge in [0.1, 0.15) is 17.2 Å². The van der Waals surface area contributed by atoms with Crippen LogP contribution in [0.1, 0.15) is 92.8 Å². The van der Waals surface area contributed by atoms with Crippen molar-refractivity contribution in [2.75, 3.05) is 0 Å². The number of aromatic hydroxyl groups is 1. The molecule has 0 spiro atoms. The Morgan fingerprint density at radius 3 is 1.60 bits per heavy atom. The third-order valence-electron chi connectivity index (χ3n) is 5.67. The molecule has 0 unspecified atom stereocenters. The Morgan fingerprint density at radius 2 is 1.20 bits per heavy atom. The molecule has 3 rings (SSSR count). The molecule has 0 aliphatic heterocycles. The van der Waals surface area contributed by atoms with Crippen LogP contribution in [0.3, 0.4) is 0 Å². The highest BCUT2D eigenvalue weighted by Gasteiger charge is 2.35. The molecule has 35 heavy (non-hydrogen) atoms. The lowest BCUT2D eigenvalue weighted by atomic mass is 9.76. The fraction of sp³-hybridized carbons (Fsp3) is 0.357. The molecule has 184 valence electrons. The standard InChI is InChI=1S/C28H30O7/c1-14(29)34-21-9-10-22(35-15(2)30)24-23(21)20(31)13-17(25(24)32)16-11-18(27(3,4)5)26(33)19(12-16)28(6,7)8/h9-13,33H,1-8H3. The minimum atomic E-state index is -0.668. The van der Waals surface area contributed by atoms with Gasteiger partial charge in [0.05, 0.1) is 11.1 Å². The van der Waals surface area contributed by atoms with Crippen molar-refractivity contribution in [3.05, 3.63) is 58.2 Å². The molecular weight excluding hydrogens is 448 g/mol. The summed E-state index contributed by atoms with van der Waals surface area (Å²) in [7, 11) is 0. The lowest BCUT2D eigenvalue weighted by Crippen LogP contribution is -2.22. The Morgan fingerprint density at radius 1 is 0.771 bits per heavy atom. The molecular formula is C28H30O7. The number of hydrogen-bond acceptors (Lipinski definition) is 7. The quantitative estimate of drug-likeness (QED) is 0.471. The fourth-order valence-corrected chi connectivity index (χ4v) is 4.07. The number of phenols is 1. The van der Waals surface area contributed by atoms with Crippen LogP contribution in [0.15, 0.2) is 30.3 Å². The van der Waals surface area contributed by atoms with Crippen LogP contribution in [-0.4, -0.2) is 28.6 Å². The molecule has 0 aromatic heterocycles. The van der Waals surface area contributed by atoms with E-state index in [0.717, 1.165) is 0 Å². The van der Waals surface area contributed by atoms with Gasteiger partial charge < -0.3 is 14.6 Å². The number of Topliss-reactive ketones (excluding diaryl/α,β-unsaturated/α-hetero) is 1. The van der Waals surface area contributed by atoms with Crippen LogP contribution in [0, 0.1) is 0 Å². The molecule has 1 aliphatic carbocycles. The van der Waals surface area contributed by atoms with E-state index in [2.05, 4.69) is 0 Å². The molecule has 2 aromatic carbocycles. The van der Waals surface area contributed by atoms with Crippen LogP contribution in [0.4, 0.5) is 0 Å². The van der Waals surface area contributed by atoms with Crippen molar-refractivity contribution in [2.45, 2.75) is 66.2 Å². The topological polar surface area (TPSA) is 107 Å². The van der Waals surface area contributed by atoms with Crippen molar-refractivity contribution in [2.24, 2.45) is 0 Å². The SMILES string of the molecule is CC(=O)Oc1ccc(OC(C)=O)c2c1C(=O)C=C(c1cc(C(C)(C)C)c(O)c(C(C)(C)C)c1)C2=O. The molecule has 0 amide bonds. The first kappa shape index (κ1) is 25.9. The first-order valence-electron chi connectivity index (χ1n) is 11.2. The smallest absolute Gasteiger partial charge is 0.308 e. The van der Waals surface area contributed by atoms with Gasteiger partial charge in [0.2, 0.25) is 0 Å². The van der Waals surface area contributed by atoms with Gasteiger partial charge in [-0.25, -0.2) is 0 Å². The number of ketones is 2. The number of carbonyl (C=O) groups is 4. The molecule has 0 radical (unpaired) electrons. The Labute approximate surface area is 204 Å². The second-order valence-electron chi connectivity index (χ2n) is 10.7. The number of allylic oxidation sites excluding steroid dienone is 2. The molecule has 7 nitrogen and oxygen atoms in total. The maximum Gasteiger partial charge on any atom is 0.308 e. The largest absolute Gasteiger partial charge is 0.507 e. The van der Waals surface area contributed by atoms with E-state index in [4.69, 9.17) is 9.47 Å². The Bertz CT molecular complexity index is 1260. The van der Waals surface area contributed by atoms with Crippen LogP contribution in [0.25, 0.3) is 5.57 Å². The Balaban J connectivity index is 2.32. The van der Waals surface area contributed by atoms with E-state index in [0.29, 0.717) is 16.7 Å². The van der Waals surface area contributed by atoms with E-state index in [1.807, 2.05) is 41.5 Å². The van der Waals surface area contributed by atoms with Crippen molar-refractivity contribution in [3.63, 3.8) is 0 Å². The van der Waals surface area contributed by atoms with E-state index in [9.17, 15) is 24.3 Å². The van der Waals surface area contributed by atoms with Crippen LogP contribution >= 0.6 is 0 Å². The summed E-state index contributed by atoms with van der Waals surface area (Å²) in [5.41, 5.74) is 0.599. The highest BCUT2D eigenvalue weighted by Crippen LogP contribution is 2.44. The van der Waals surface area contributed by atoms with Gasteiger partial charge in [-0.15, -0.1) is 0 Å². The summed E-state index contributed by atoms with van der Waals surface area (Å²) in [6.07, 6.45) is 1.19. The highest BCUT2D eigenvalue weighted by atomic mass is 16.5. The zero-order valence-corrected chi connectivity index (χ0v) is 21.3. The van der Waals surface area contributed by atoms with E-state index < -0.39 is 34.3 Å². The zero-order valence-electron chi connectivity index (χ0n) is 21.3. The molecule has 1 N–H and O–H groups in total. The third kappa shape index (κ3) is 5.04. The van der Waals surface area contributed by atoms with Gasteiger partial charge in [-0.2, -0.15) is 0 Å². The molecule has 0 fully saturated rings. The maximum atomic E-state index is 13.8. The van der Waals surface area contributed by atoms with Gasteiger partial charge in [0.25, 0.3) is 0 Å². The molecule has 0 bridgehead atoms. The molecule has 2 aromatic rings. The molecule has 0 saturated heterocycles. The lowest BCUT2D eigenvalue weighted by Gasteiger charge is -2.29. The van der Waals surface area contributed by atoms with Crippen molar-refractivity contribution in [1.82, 2.24) is 0 Å². The number of benzene rings is 2. The summed E-state index contributed by atoms with van der Waals surface area (Å²) in [6.45, 7) is 14.0. The van der Waals surface area contributed by atoms with Gasteiger partial charge >= 0.3 is 11.9 Å². The van der Waals surface area contributed by atoms with Crippen molar-refractivity contribution in [3.8, 4) is 17.2 Å². The normalized spacial score (nSPS) is 13.8. The monoisotopic (exact) mass is 478 g/mol. The minimum absolute atomic E-state index is 0.0893. The maximum absolute atomic E-state index is 13.8. The summed E-state index contributed by atoms with van der Waals surface area (Å²) < 4.78 is 10.4. The van der Waals surface area contributed by atoms with Gasteiger partial charge in [0.15, 0.2) is 11.6 Å². The van der Waals surface area contributed by atoms with E-state index in [1.165, 1.54) is 32.1 Å². The van der Waals surface area contributed by atoms with Crippen molar-refractivity contribution in [1.29, 1.82) is 0 Å². The van der Waals surface area contributed by atoms with Crippen molar-refractivity contribution >= 4 is 29.1 Å². The first-order chi connectivity index (χ1) is 16.0. The molecule has 0 saturated carbocycles. The number of esters is 2. The van der Waals surface area contributed by atoms with Crippen LogP contribution in [-0.2, 0) is 20.4 Å². The van der Waals surface area contributed by atoms with Gasteiger partial charge in [-0.3, -0.25) is 19.2 Å². The lowest BCUT2D eigenvalue weighted by molar-refractivity contribution is -0.133. The second-order valence-corrected chi connectivity index (χ2v) is 10.7. The predicted molar refractivity (Wildman–Crippen MR) is 131 cm³/mol. The highest BCUT2D eigenvalue weighted by molar-refractivity contribution is 6.40.